The second kappa shape index (κ2) is 7.50. The van der Waals surface area contributed by atoms with Gasteiger partial charge in [0.25, 0.3) is 5.69 Å². The van der Waals surface area contributed by atoms with Crippen LogP contribution in [0.15, 0.2) is 30.9 Å². The summed E-state index contributed by atoms with van der Waals surface area (Å²) in [5.74, 6) is 0.597. The van der Waals surface area contributed by atoms with Crippen molar-refractivity contribution in [1.82, 2.24) is 19.5 Å². The number of benzene rings is 1. The van der Waals surface area contributed by atoms with Gasteiger partial charge >= 0.3 is 0 Å². The molecule has 31 heavy (non-hydrogen) atoms. The van der Waals surface area contributed by atoms with Crippen molar-refractivity contribution >= 4 is 22.7 Å². The third-order valence-electron chi connectivity index (χ3n) is 5.84. The van der Waals surface area contributed by atoms with Crippen molar-refractivity contribution in [2.24, 2.45) is 0 Å². The molecule has 0 saturated carbocycles. The molecule has 0 radical (unpaired) electrons. The Kier molecular flexibility index (Phi) is 4.78. The van der Waals surface area contributed by atoms with Crippen LogP contribution >= 0.6 is 0 Å². The van der Waals surface area contributed by atoms with E-state index >= 15 is 0 Å². The van der Waals surface area contributed by atoms with Crippen LogP contribution in [-0.4, -0.2) is 71.2 Å². The smallest absolute Gasteiger partial charge is 0.269 e. The number of aromatic nitrogens is 4. The number of aliphatic hydroxyl groups is 3. The number of fused-ring (bicyclic) bond motifs is 2. The van der Waals surface area contributed by atoms with E-state index < -0.39 is 36.1 Å². The Labute approximate surface area is 175 Å². The van der Waals surface area contributed by atoms with Crippen molar-refractivity contribution < 1.29 is 25.0 Å². The minimum Gasteiger partial charge on any atom is -0.394 e. The number of non-ortho nitro benzene ring substituents is 1. The van der Waals surface area contributed by atoms with E-state index in [4.69, 9.17) is 4.74 Å². The van der Waals surface area contributed by atoms with Crippen molar-refractivity contribution in [3.8, 4) is 0 Å². The first kappa shape index (κ1) is 19.8. The molecule has 0 amide bonds. The molecule has 3 N–H and O–H groups in total. The second-order valence-electron chi connectivity index (χ2n) is 7.63. The Morgan fingerprint density at radius 1 is 1.19 bits per heavy atom. The molecule has 2 aliphatic rings. The van der Waals surface area contributed by atoms with E-state index in [1.807, 2.05) is 4.90 Å². The van der Waals surface area contributed by atoms with Gasteiger partial charge in [0, 0.05) is 25.2 Å². The van der Waals surface area contributed by atoms with E-state index in [0.29, 0.717) is 36.5 Å². The number of nitro groups is 1. The van der Waals surface area contributed by atoms with E-state index in [2.05, 4.69) is 15.0 Å². The summed E-state index contributed by atoms with van der Waals surface area (Å²) >= 11 is 0. The van der Waals surface area contributed by atoms with E-state index in [0.717, 1.165) is 11.1 Å². The lowest BCUT2D eigenvalue weighted by molar-refractivity contribution is -0.384. The quantitative estimate of drug-likeness (QED) is 0.378. The number of rotatable bonds is 4. The molecule has 12 nitrogen and oxygen atoms in total. The maximum Gasteiger partial charge on any atom is 0.269 e. The van der Waals surface area contributed by atoms with Gasteiger partial charge in [-0.2, -0.15) is 0 Å². The van der Waals surface area contributed by atoms with Gasteiger partial charge in [0.05, 0.1) is 17.9 Å². The minimum atomic E-state index is -1.24. The molecule has 162 valence electrons. The Hall–Kier alpha value is -3.19. The summed E-state index contributed by atoms with van der Waals surface area (Å²) in [6.07, 6.45) is -0.837. The molecule has 0 aliphatic carbocycles. The van der Waals surface area contributed by atoms with E-state index in [1.165, 1.54) is 23.3 Å². The number of nitrogens with zero attached hydrogens (tertiary/aromatic N) is 6. The lowest BCUT2D eigenvalue weighted by Gasteiger charge is -2.29. The maximum absolute atomic E-state index is 11.0. The standard InChI is InChI=1S/C19H20N6O6/c26-7-13-15(27)16(28)19(31-13)24-9-22-14-17(20-8-21-18(14)24)23-4-3-10-5-12(25(29)30)2-1-11(10)6-23/h1-2,5,8-9,13,15-16,19,26-28H,3-4,6-7H2/t13-,15-,16-,19-/m1/s1. The fourth-order valence-electron chi connectivity index (χ4n) is 4.20. The number of anilines is 1. The Bertz CT molecular complexity index is 1150. The van der Waals surface area contributed by atoms with Crippen molar-refractivity contribution in [1.29, 1.82) is 0 Å². The number of hydrogen-bond acceptors (Lipinski definition) is 10. The summed E-state index contributed by atoms with van der Waals surface area (Å²) < 4.78 is 7.11. The molecule has 0 unspecified atom stereocenters. The van der Waals surface area contributed by atoms with Gasteiger partial charge in [0.1, 0.15) is 24.6 Å². The Morgan fingerprint density at radius 3 is 2.77 bits per heavy atom. The van der Waals surface area contributed by atoms with Crippen LogP contribution in [-0.2, 0) is 17.7 Å². The maximum atomic E-state index is 11.0. The third kappa shape index (κ3) is 3.20. The monoisotopic (exact) mass is 428 g/mol. The van der Waals surface area contributed by atoms with Crippen LogP contribution in [0.3, 0.4) is 0 Å². The van der Waals surface area contributed by atoms with Gasteiger partial charge in [0.15, 0.2) is 23.2 Å². The average molecular weight is 428 g/mol. The summed E-state index contributed by atoms with van der Waals surface area (Å²) in [6, 6.07) is 4.86. The number of imidazole rings is 1. The highest BCUT2D eigenvalue weighted by Crippen LogP contribution is 2.34. The molecular formula is C19H20N6O6. The van der Waals surface area contributed by atoms with Gasteiger partial charge in [-0.05, 0) is 17.5 Å². The lowest BCUT2D eigenvalue weighted by Crippen LogP contribution is -2.33. The largest absolute Gasteiger partial charge is 0.394 e. The van der Waals surface area contributed by atoms with Gasteiger partial charge in [-0.3, -0.25) is 14.7 Å². The fraction of sp³-hybridized carbons (Fsp3) is 0.421. The predicted octanol–water partition coefficient (Wildman–Crippen LogP) is -0.0913. The van der Waals surface area contributed by atoms with E-state index in [9.17, 15) is 25.4 Å². The lowest BCUT2D eigenvalue weighted by atomic mass is 9.99. The summed E-state index contributed by atoms with van der Waals surface area (Å²) in [7, 11) is 0. The molecule has 4 atom stereocenters. The Balaban J connectivity index is 1.46. The number of hydrogen-bond donors (Lipinski definition) is 3. The Morgan fingerprint density at radius 2 is 2.03 bits per heavy atom. The summed E-state index contributed by atoms with van der Waals surface area (Å²) in [4.78, 5) is 25.7. The van der Waals surface area contributed by atoms with Crippen LogP contribution in [0.25, 0.3) is 11.2 Å². The minimum absolute atomic E-state index is 0.0776. The van der Waals surface area contributed by atoms with Gasteiger partial charge < -0.3 is 25.0 Å². The van der Waals surface area contributed by atoms with E-state index in [-0.39, 0.29) is 5.69 Å². The average Bonchev–Trinajstić information content (AvgIpc) is 3.33. The first-order valence-electron chi connectivity index (χ1n) is 9.79. The summed E-state index contributed by atoms with van der Waals surface area (Å²) in [5, 5.41) is 40.8. The molecule has 5 rings (SSSR count). The predicted molar refractivity (Wildman–Crippen MR) is 106 cm³/mol. The van der Waals surface area contributed by atoms with Crippen molar-refractivity contribution in [3.05, 3.63) is 52.1 Å². The van der Waals surface area contributed by atoms with Crippen LogP contribution in [0.1, 0.15) is 17.4 Å². The highest BCUT2D eigenvalue weighted by Gasteiger charge is 2.44. The molecule has 0 spiro atoms. The molecule has 4 heterocycles. The first-order chi connectivity index (χ1) is 15.0. The van der Waals surface area contributed by atoms with Gasteiger partial charge in [-0.25, -0.2) is 15.0 Å². The molecule has 1 saturated heterocycles. The molecule has 2 aliphatic heterocycles. The molecule has 2 aromatic heterocycles. The topological polar surface area (TPSA) is 160 Å². The van der Waals surface area contributed by atoms with Gasteiger partial charge in [-0.1, -0.05) is 6.07 Å². The number of ether oxygens (including phenoxy) is 1. The molecule has 3 aromatic rings. The van der Waals surface area contributed by atoms with Crippen molar-refractivity contribution in [2.75, 3.05) is 18.1 Å². The van der Waals surface area contributed by atoms with Crippen LogP contribution in [0, 0.1) is 10.1 Å². The zero-order valence-corrected chi connectivity index (χ0v) is 16.3. The molecular weight excluding hydrogens is 408 g/mol. The normalized spacial score (nSPS) is 25.7. The van der Waals surface area contributed by atoms with Gasteiger partial charge in [-0.15, -0.1) is 0 Å². The summed E-state index contributed by atoms with van der Waals surface area (Å²) in [5.41, 5.74) is 2.92. The highest BCUT2D eigenvalue weighted by molar-refractivity contribution is 5.83. The number of aliphatic hydroxyl groups excluding tert-OH is 3. The first-order valence-corrected chi connectivity index (χ1v) is 9.79. The zero-order valence-electron chi connectivity index (χ0n) is 16.3. The van der Waals surface area contributed by atoms with Crippen LogP contribution < -0.4 is 4.90 Å². The van der Waals surface area contributed by atoms with Crippen molar-refractivity contribution in [2.45, 2.75) is 37.5 Å². The fourth-order valence-corrected chi connectivity index (χ4v) is 4.20. The van der Waals surface area contributed by atoms with Crippen LogP contribution in [0.2, 0.25) is 0 Å². The molecule has 0 bridgehead atoms. The molecule has 1 aromatic carbocycles. The van der Waals surface area contributed by atoms with Crippen LogP contribution in [0.4, 0.5) is 11.5 Å². The SMILES string of the molecule is O=[N+]([O-])c1ccc2c(c1)CCN(c1ncnc3c1ncn3[C@@H]1O[C@H](CO)[C@@H](O)[C@H]1O)C2. The second-order valence-corrected chi connectivity index (χ2v) is 7.63. The molecule has 12 heteroatoms. The van der Waals surface area contributed by atoms with Gasteiger partial charge in [0.2, 0.25) is 0 Å². The van der Waals surface area contributed by atoms with Crippen molar-refractivity contribution in [3.63, 3.8) is 0 Å². The third-order valence-corrected chi connectivity index (χ3v) is 5.84. The highest BCUT2D eigenvalue weighted by atomic mass is 16.6. The van der Waals surface area contributed by atoms with Crippen LogP contribution in [0.5, 0.6) is 0 Å². The van der Waals surface area contributed by atoms with E-state index in [1.54, 1.807) is 12.1 Å². The zero-order chi connectivity index (χ0) is 21.7. The molecule has 1 fully saturated rings. The summed E-state index contributed by atoms with van der Waals surface area (Å²) in [6.45, 7) is 0.689. The number of nitro benzene ring substituents is 1.